The molecule has 0 atom stereocenters. The first-order chi connectivity index (χ1) is 5.36. The van der Waals surface area contributed by atoms with E-state index in [-0.39, 0.29) is 46.5 Å². The van der Waals surface area contributed by atoms with Gasteiger partial charge in [-0.25, -0.2) is 11.6 Å². The minimum Gasteiger partial charge on any atom is -1.00 e. The summed E-state index contributed by atoms with van der Waals surface area (Å²) in [4.78, 5) is 0. The average Bonchev–Trinajstić information content (AvgIpc) is 2.38. The van der Waals surface area contributed by atoms with Gasteiger partial charge in [-0.2, -0.15) is 5.57 Å². The van der Waals surface area contributed by atoms with Crippen LogP contribution in [0.25, 0.3) is 0 Å². The molecule has 79 valence electrons. The van der Waals surface area contributed by atoms with Gasteiger partial charge < -0.3 is 24.8 Å². The molecule has 0 amide bonds. The van der Waals surface area contributed by atoms with Crippen molar-refractivity contribution in [1.82, 2.24) is 0 Å². The number of hydrogen-bond acceptors (Lipinski definition) is 0. The van der Waals surface area contributed by atoms with E-state index in [9.17, 15) is 0 Å². The largest absolute Gasteiger partial charge is 3.00 e. The second kappa shape index (κ2) is 11.8. The van der Waals surface area contributed by atoms with E-state index in [4.69, 9.17) is 0 Å². The van der Waals surface area contributed by atoms with E-state index in [1.807, 2.05) is 0 Å². The summed E-state index contributed by atoms with van der Waals surface area (Å²) in [5, 5.41) is 0. The maximum Gasteiger partial charge on any atom is 3.00 e. The van der Waals surface area contributed by atoms with Gasteiger partial charge in [-0.15, -0.1) is 6.42 Å². The molecule has 0 aromatic carbocycles. The molecule has 3 heteroatoms. The van der Waals surface area contributed by atoms with E-state index in [2.05, 4.69) is 26.0 Å². The molecular weight excluding hydrogens is 251 g/mol. The molecule has 0 heterocycles. The molecule has 14 heavy (non-hydrogen) atoms. The van der Waals surface area contributed by atoms with Gasteiger partial charge in [0.2, 0.25) is 0 Å². The summed E-state index contributed by atoms with van der Waals surface area (Å²) in [6, 6.07) is 0. The minimum absolute atomic E-state index is 0. The van der Waals surface area contributed by atoms with Crippen molar-refractivity contribution in [2.24, 2.45) is 0 Å². The van der Waals surface area contributed by atoms with Crippen LogP contribution in [0, 0.1) is 6.08 Å². The number of allylic oxidation sites excluding steroid dienone is 4. The van der Waals surface area contributed by atoms with Crippen LogP contribution in [0.3, 0.4) is 0 Å². The molecule has 0 bridgehead atoms. The Labute approximate surface area is 115 Å². The first-order valence-corrected chi connectivity index (χ1v) is 4.66. The summed E-state index contributed by atoms with van der Waals surface area (Å²) < 4.78 is 0. The molecule has 1 rings (SSSR count). The summed E-state index contributed by atoms with van der Waals surface area (Å²) in [5.41, 5.74) is 3.02. The predicted molar refractivity (Wildman–Crippen MR) is 49.3 cm³/mol. The summed E-state index contributed by atoms with van der Waals surface area (Å²) in [6.45, 7) is 4.46. The SMILES string of the molecule is CCCC1=[C-]CC(CCC)=C1.[Cl-].[Cl-].[Ti+3]. The predicted octanol–water partition coefficient (Wildman–Crippen LogP) is -2.35. The van der Waals surface area contributed by atoms with Crippen LogP contribution in [-0.2, 0) is 21.7 Å². The third-order valence-electron chi connectivity index (χ3n) is 2.01. The first kappa shape index (κ1) is 20.2. The second-order valence-electron chi connectivity index (χ2n) is 3.18. The van der Waals surface area contributed by atoms with Crippen molar-refractivity contribution in [2.75, 3.05) is 0 Å². The molecule has 0 aromatic heterocycles. The molecule has 0 spiro atoms. The summed E-state index contributed by atoms with van der Waals surface area (Å²) in [5.74, 6) is 0. The van der Waals surface area contributed by atoms with Gasteiger partial charge in [0.25, 0.3) is 0 Å². The molecule has 0 N–H and O–H groups in total. The van der Waals surface area contributed by atoms with Crippen LogP contribution in [-0.4, -0.2) is 0 Å². The van der Waals surface area contributed by atoms with E-state index in [1.54, 1.807) is 5.57 Å². The van der Waals surface area contributed by atoms with Crippen LogP contribution < -0.4 is 24.8 Å². The van der Waals surface area contributed by atoms with Gasteiger partial charge in [0.1, 0.15) is 0 Å². The van der Waals surface area contributed by atoms with Gasteiger partial charge in [0.15, 0.2) is 0 Å². The van der Waals surface area contributed by atoms with Crippen molar-refractivity contribution in [3.05, 3.63) is 23.3 Å². The van der Waals surface area contributed by atoms with Gasteiger partial charge in [-0.1, -0.05) is 33.1 Å². The number of hydrogen-bond donors (Lipinski definition) is 0. The van der Waals surface area contributed by atoms with E-state index >= 15 is 0 Å². The van der Waals surface area contributed by atoms with Crippen molar-refractivity contribution in [1.29, 1.82) is 0 Å². The Bertz CT molecular complexity index is 186. The standard InChI is InChI=1S/C11H17.2ClH.Ti/c1-3-5-10-7-8-11(9-10)6-4-2;;;/h9H,3-7H2,1-2H3;2*1H;/q-1;;;+3/p-2. The Morgan fingerprint density at radius 2 is 1.71 bits per heavy atom. The van der Waals surface area contributed by atoms with E-state index in [0.29, 0.717) is 0 Å². The van der Waals surface area contributed by atoms with Crippen LogP contribution in [0.1, 0.15) is 46.0 Å². The third kappa shape index (κ3) is 7.12. The Morgan fingerprint density at radius 1 is 1.14 bits per heavy atom. The van der Waals surface area contributed by atoms with Gasteiger partial charge in [-0.05, 0) is 6.42 Å². The molecular formula is C11H17Cl2Ti. The summed E-state index contributed by atoms with van der Waals surface area (Å²) >= 11 is 0. The Kier molecular flexibility index (Phi) is 17.1. The normalized spacial score (nSPS) is 13.0. The van der Waals surface area contributed by atoms with E-state index in [1.165, 1.54) is 31.3 Å². The van der Waals surface area contributed by atoms with Crippen molar-refractivity contribution in [3.63, 3.8) is 0 Å². The molecule has 0 saturated carbocycles. The topological polar surface area (TPSA) is 0 Å². The van der Waals surface area contributed by atoms with Crippen molar-refractivity contribution in [2.45, 2.75) is 46.0 Å². The zero-order chi connectivity index (χ0) is 8.10. The average molecular weight is 268 g/mol. The Balaban J connectivity index is -0.000000403. The number of rotatable bonds is 4. The molecule has 0 fully saturated rings. The smallest absolute Gasteiger partial charge is 1.00 e. The van der Waals surface area contributed by atoms with E-state index in [0.717, 1.165) is 6.42 Å². The fourth-order valence-electron chi connectivity index (χ4n) is 1.49. The molecule has 0 aromatic rings. The quantitative estimate of drug-likeness (QED) is 0.396. The minimum atomic E-state index is 0. The zero-order valence-corrected chi connectivity index (χ0v) is 11.9. The third-order valence-corrected chi connectivity index (χ3v) is 2.01. The van der Waals surface area contributed by atoms with Crippen LogP contribution >= 0.6 is 0 Å². The Hall–Kier alpha value is 0.774. The van der Waals surface area contributed by atoms with Crippen LogP contribution in [0.5, 0.6) is 0 Å². The van der Waals surface area contributed by atoms with Gasteiger partial charge >= 0.3 is 21.7 Å². The molecule has 0 aliphatic heterocycles. The van der Waals surface area contributed by atoms with Crippen LogP contribution in [0.4, 0.5) is 0 Å². The molecule has 0 saturated heterocycles. The summed E-state index contributed by atoms with van der Waals surface area (Å²) in [7, 11) is 0. The maximum atomic E-state index is 3.42. The van der Waals surface area contributed by atoms with Crippen LogP contribution in [0.15, 0.2) is 17.2 Å². The first-order valence-electron chi connectivity index (χ1n) is 4.66. The molecule has 1 aliphatic rings. The van der Waals surface area contributed by atoms with Crippen molar-refractivity contribution >= 4 is 0 Å². The van der Waals surface area contributed by atoms with Gasteiger partial charge in [0, 0.05) is 0 Å². The molecule has 1 aliphatic carbocycles. The Morgan fingerprint density at radius 3 is 2.21 bits per heavy atom. The molecule has 0 unspecified atom stereocenters. The molecule has 1 radical (unpaired) electrons. The zero-order valence-electron chi connectivity index (χ0n) is 8.87. The second-order valence-corrected chi connectivity index (χ2v) is 3.18. The number of halogens is 2. The fraction of sp³-hybridized carbons (Fsp3) is 0.636. The maximum absolute atomic E-state index is 3.42. The van der Waals surface area contributed by atoms with Crippen molar-refractivity contribution < 1.29 is 46.5 Å². The van der Waals surface area contributed by atoms with E-state index < -0.39 is 0 Å². The monoisotopic (exact) mass is 267 g/mol. The van der Waals surface area contributed by atoms with Gasteiger partial charge in [-0.3, -0.25) is 6.08 Å². The van der Waals surface area contributed by atoms with Crippen molar-refractivity contribution in [3.8, 4) is 0 Å². The van der Waals surface area contributed by atoms with Crippen LogP contribution in [0.2, 0.25) is 0 Å². The van der Waals surface area contributed by atoms with Gasteiger partial charge in [0.05, 0.1) is 0 Å². The molecule has 0 nitrogen and oxygen atoms in total. The summed E-state index contributed by atoms with van der Waals surface area (Å²) in [6.07, 6.45) is 11.9. The fourth-order valence-corrected chi connectivity index (χ4v) is 1.49.